The van der Waals surface area contributed by atoms with Gasteiger partial charge in [-0.15, -0.1) is 0 Å². The number of hydrogen-bond donors (Lipinski definition) is 2. The summed E-state index contributed by atoms with van der Waals surface area (Å²) >= 11 is 0. The Hall–Kier alpha value is -0.340. The molecule has 56 valence electrons. The molecule has 2 aliphatic rings. The average molecular weight is 138 g/mol. The van der Waals surface area contributed by atoms with Crippen LogP contribution in [0.2, 0.25) is 0 Å². The standard InChI is InChI=1S/C8H14N2/c1-2-4-8-7(3-1)5-6-9-10-8/h5,8-10H,1-4,6H2. The van der Waals surface area contributed by atoms with E-state index in [1.54, 1.807) is 5.57 Å². The summed E-state index contributed by atoms with van der Waals surface area (Å²) in [7, 11) is 0. The molecule has 1 aliphatic carbocycles. The van der Waals surface area contributed by atoms with Gasteiger partial charge in [-0.05, 0) is 19.3 Å². The van der Waals surface area contributed by atoms with E-state index in [1.807, 2.05) is 0 Å². The van der Waals surface area contributed by atoms with Crippen molar-refractivity contribution in [3.63, 3.8) is 0 Å². The molecule has 0 aromatic heterocycles. The van der Waals surface area contributed by atoms with Crippen LogP contribution in [0.5, 0.6) is 0 Å². The predicted molar refractivity (Wildman–Crippen MR) is 41.5 cm³/mol. The lowest BCUT2D eigenvalue weighted by molar-refractivity contribution is 0.390. The molecule has 0 bridgehead atoms. The molecule has 2 rings (SSSR count). The summed E-state index contributed by atoms with van der Waals surface area (Å²) in [6.07, 6.45) is 7.75. The van der Waals surface area contributed by atoms with Gasteiger partial charge in [0.1, 0.15) is 0 Å². The van der Waals surface area contributed by atoms with Crippen molar-refractivity contribution in [3.05, 3.63) is 11.6 Å². The molecule has 1 atom stereocenters. The van der Waals surface area contributed by atoms with Crippen LogP contribution in [0.4, 0.5) is 0 Å². The van der Waals surface area contributed by atoms with Gasteiger partial charge < -0.3 is 0 Å². The first-order chi connectivity index (χ1) is 4.97. The van der Waals surface area contributed by atoms with E-state index in [-0.39, 0.29) is 0 Å². The fraction of sp³-hybridized carbons (Fsp3) is 0.750. The van der Waals surface area contributed by atoms with E-state index in [0.717, 1.165) is 6.54 Å². The highest BCUT2D eigenvalue weighted by Gasteiger charge is 2.19. The first kappa shape index (κ1) is 6.38. The Morgan fingerprint density at radius 2 is 2.40 bits per heavy atom. The zero-order chi connectivity index (χ0) is 6.81. The van der Waals surface area contributed by atoms with Gasteiger partial charge in [-0.3, -0.25) is 10.9 Å². The number of hydrogen-bond acceptors (Lipinski definition) is 2. The topological polar surface area (TPSA) is 24.1 Å². The lowest BCUT2D eigenvalue weighted by Gasteiger charge is -2.30. The molecule has 2 N–H and O–H groups in total. The summed E-state index contributed by atoms with van der Waals surface area (Å²) in [5.41, 5.74) is 8.09. The molecule has 1 unspecified atom stereocenters. The Kier molecular flexibility index (Phi) is 1.74. The highest BCUT2D eigenvalue weighted by atomic mass is 15.4. The molecule has 10 heavy (non-hydrogen) atoms. The Morgan fingerprint density at radius 3 is 3.30 bits per heavy atom. The molecule has 1 heterocycles. The molecule has 1 fully saturated rings. The predicted octanol–water partition coefficient (Wildman–Crippen LogP) is 0.963. The highest BCUT2D eigenvalue weighted by Crippen LogP contribution is 2.23. The zero-order valence-corrected chi connectivity index (χ0v) is 6.19. The first-order valence-electron chi connectivity index (χ1n) is 4.14. The van der Waals surface area contributed by atoms with Crippen LogP contribution in [0.3, 0.4) is 0 Å². The molecule has 2 nitrogen and oxygen atoms in total. The summed E-state index contributed by atoms with van der Waals surface area (Å²) in [6.45, 7) is 1.01. The van der Waals surface area contributed by atoms with Crippen LogP contribution in [-0.4, -0.2) is 12.6 Å². The van der Waals surface area contributed by atoms with Crippen LogP contribution in [0.15, 0.2) is 11.6 Å². The average Bonchev–Trinajstić information content (AvgIpc) is 2.05. The lowest BCUT2D eigenvalue weighted by Crippen LogP contribution is -2.46. The van der Waals surface area contributed by atoms with Crippen LogP contribution < -0.4 is 10.9 Å². The fourth-order valence-electron chi connectivity index (χ4n) is 1.81. The van der Waals surface area contributed by atoms with Gasteiger partial charge in [0.2, 0.25) is 0 Å². The van der Waals surface area contributed by atoms with Gasteiger partial charge in [0, 0.05) is 12.6 Å². The van der Waals surface area contributed by atoms with E-state index in [0.29, 0.717) is 6.04 Å². The van der Waals surface area contributed by atoms with Gasteiger partial charge >= 0.3 is 0 Å². The summed E-state index contributed by atoms with van der Waals surface area (Å²) < 4.78 is 0. The Labute approximate surface area is 61.7 Å². The summed E-state index contributed by atoms with van der Waals surface area (Å²) in [6, 6.07) is 0.655. The van der Waals surface area contributed by atoms with Crippen molar-refractivity contribution in [3.8, 4) is 0 Å². The van der Waals surface area contributed by atoms with E-state index in [1.165, 1.54) is 25.7 Å². The third-order valence-corrected chi connectivity index (χ3v) is 2.40. The van der Waals surface area contributed by atoms with Gasteiger partial charge in [-0.1, -0.05) is 18.1 Å². The largest absolute Gasteiger partial charge is 0.253 e. The summed E-state index contributed by atoms with van der Waals surface area (Å²) in [5, 5.41) is 0. The van der Waals surface area contributed by atoms with Crippen molar-refractivity contribution in [1.82, 2.24) is 10.9 Å². The second kappa shape index (κ2) is 2.72. The van der Waals surface area contributed by atoms with Crippen molar-refractivity contribution >= 4 is 0 Å². The van der Waals surface area contributed by atoms with Crippen molar-refractivity contribution < 1.29 is 0 Å². The molecular formula is C8H14N2. The molecule has 0 aromatic rings. The molecule has 1 saturated carbocycles. The van der Waals surface area contributed by atoms with E-state index < -0.39 is 0 Å². The SMILES string of the molecule is C1=C2CCCCC2NNC1. The second-order valence-electron chi connectivity index (χ2n) is 3.10. The fourth-order valence-corrected chi connectivity index (χ4v) is 1.81. The van der Waals surface area contributed by atoms with Crippen molar-refractivity contribution in [2.75, 3.05) is 6.54 Å². The quantitative estimate of drug-likeness (QED) is 0.487. The van der Waals surface area contributed by atoms with E-state index in [2.05, 4.69) is 16.9 Å². The van der Waals surface area contributed by atoms with Crippen molar-refractivity contribution in [1.29, 1.82) is 0 Å². The number of hydrazine groups is 1. The Morgan fingerprint density at radius 1 is 1.40 bits per heavy atom. The third kappa shape index (κ3) is 1.09. The van der Waals surface area contributed by atoms with E-state index >= 15 is 0 Å². The molecule has 2 heteroatoms. The maximum Gasteiger partial charge on any atom is 0.0422 e. The minimum Gasteiger partial charge on any atom is -0.253 e. The minimum atomic E-state index is 0.655. The number of rotatable bonds is 0. The van der Waals surface area contributed by atoms with Gasteiger partial charge in [0.15, 0.2) is 0 Å². The summed E-state index contributed by atoms with van der Waals surface area (Å²) in [5.74, 6) is 0. The van der Waals surface area contributed by atoms with E-state index in [4.69, 9.17) is 0 Å². The van der Waals surface area contributed by atoms with Crippen molar-refractivity contribution in [2.45, 2.75) is 31.7 Å². The van der Waals surface area contributed by atoms with Gasteiger partial charge in [-0.2, -0.15) is 0 Å². The minimum absolute atomic E-state index is 0.655. The molecule has 1 aliphatic heterocycles. The third-order valence-electron chi connectivity index (χ3n) is 2.40. The number of fused-ring (bicyclic) bond motifs is 1. The monoisotopic (exact) mass is 138 g/mol. The lowest BCUT2D eigenvalue weighted by atomic mass is 9.89. The van der Waals surface area contributed by atoms with Crippen molar-refractivity contribution in [2.24, 2.45) is 0 Å². The number of nitrogens with one attached hydrogen (secondary N) is 2. The highest BCUT2D eigenvalue weighted by molar-refractivity contribution is 5.15. The van der Waals surface area contributed by atoms with Gasteiger partial charge in [0.05, 0.1) is 0 Å². The maximum absolute atomic E-state index is 3.30. The zero-order valence-electron chi connectivity index (χ0n) is 6.19. The Balaban J connectivity index is 2.08. The van der Waals surface area contributed by atoms with Crippen LogP contribution in [-0.2, 0) is 0 Å². The smallest absolute Gasteiger partial charge is 0.0422 e. The Bertz CT molecular complexity index is 151. The van der Waals surface area contributed by atoms with Crippen LogP contribution in [0.25, 0.3) is 0 Å². The van der Waals surface area contributed by atoms with Crippen LogP contribution in [0.1, 0.15) is 25.7 Å². The van der Waals surface area contributed by atoms with E-state index in [9.17, 15) is 0 Å². The normalized spacial score (nSPS) is 32.8. The molecule has 0 radical (unpaired) electrons. The van der Waals surface area contributed by atoms with Gasteiger partial charge in [-0.25, -0.2) is 0 Å². The second-order valence-corrected chi connectivity index (χ2v) is 3.10. The molecule has 0 saturated heterocycles. The van der Waals surface area contributed by atoms with Crippen LogP contribution in [0, 0.1) is 0 Å². The first-order valence-corrected chi connectivity index (χ1v) is 4.14. The molecule has 0 amide bonds. The molecule has 0 spiro atoms. The molecule has 0 aromatic carbocycles. The van der Waals surface area contributed by atoms with Gasteiger partial charge in [0.25, 0.3) is 0 Å². The summed E-state index contributed by atoms with van der Waals surface area (Å²) in [4.78, 5) is 0. The van der Waals surface area contributed by atoms with Crippen LogP contribution >= 0.6 is 0 Å². The maximum atomic E-state index is 3.30. The molecular weight excluding hydrogens is 124 g/mol.